The standard InChI is InChI=1S/C16H16N4O3/c1-11-13(5-4-12-9-17-10-20(11)12)15(21)18-6-7-19-16(22)14-3-2-8-23-14/h2-5,8-10H,6-7H2,1H3,(H,18,21)(H,19,22). The summed E-state index contributed by atoms with van der Waals surface area (Å²) in [6.45, 7) is 2.51. The molecule has 2 amide bonds. The van der Waals surface area contributed by atoms with Gasteiger partial charge in [-0.15, -0.1) is 0 Å². The average Bonchev–Trinajstić information content (AvgIpc) is 3.22. The van der Waals surface area contributed by atoms with Crippen LogP contribution in [-0.4, -0.2) is 34.3 Å². The molecule has 3 rings (SSSR count). The fourth-order valence-corrected chi connectivity index (χ4v) is 2.31. The summed E-state index contributed by atoms with van der Waals surface area (Å²) in [6.07, 6.45) is 4.84. The van der Waals surface area contributed by atoms with Crippen LogP contribution in [0.15, 0.2) is 47.5 Å². The van der Waals surface area contributed by atoms with Crippen LogP contribution in [0.4, 0.5) is 0 Å². The van der Waals surface area contributed by atoms with Crippen molar-refractivity contribution >= 4 is 17.3 Å². The first-order valence-corrected chi connectivity index (χ1v) is 7.18. The maximum Gasteiger partial charge on any atom is 0.287 e. The second kappa shape index (κ2) is 6.35. The third kappa shape index (κ3) is 3.08. The van der Waals surface area contributed by atoms with Crippen molar-refractivity contribution in [3.05, 3.63) is 60.1 Å². The van der Waals surface area contributed by atoms with Gasteiger partial charge in [0, 0.05) is 18.8 Å². The van der Waals surface area contributed by atoms with Crippen molar-refractivity contribution in [3.63, 3.8) is 0 Å². The van der Waals surface area contributed by atoms with Crippen molar-refractivity contribution in [1.82, 2.24) is 20.0 Å². The molecule has 118 valence electrons. The van der Waals surface area contributed by atoms with Crippen LogP contribution in [0, 0.1) is 6.92 Å². The van der Waals surface area contributed by atoms with Crippen molar-refractivity contribution in [3.8, 4) is 0 Å². The molecule has 0 aliphatic rings. The third-order valence-corrected chi connectivity index (χ3v) is 3.52. The van der Waals surface area contributed by atoms with Crippen LogP contribution in [0.2, 0.25) is 0 Å². The molecular formula is C16H16N4O3. The first kappa shape index (κ1) is 14.8. The predicted octanol–water partition coefficient (Wildman–Crippen LogP) is 1.40. The van der Waals surface area contributed by atoms with E-state index in [1.165, 1.54) is 6.26 Å². The van der Waals surface area contributed by atoms with Gasteiger partial charge in [0.25, 0.3) is 11.8 Å². The largest absolute Gasteiger partial charge is 0.459 e. The Morgan fingerprint density at radius 1 is 1.17 bits per heavy atom. The Morgan fingerprint density at radius 3 is 2.70 bits per heavy atom. The van der Waals surface area contributed by atoms with E-state index in [1.54, 1.807) is 30.7 Å². The van der Waals surface area contributed by atoms with E-state index in [9.17, 15) is 9.59 Å². The molecule has 2 N–H and O–H groups in total. The number of carbonyl (C=O) groups excluding carboxylic acids is 2. The maximum absolute atomic E-state index is 12.2. The van der Waals surface area contributed by atoms with Gasteiger partial charge in [-0.05, 0) is 31.2 Å². The van der Waals surface area contributed by atoms with Crippen LogP contribution < -0.4 is 10.6 Å². The van der Waals surface area contributed by atoms with Crippen molar-refractivity contribution in [2.75, 3.05) is 13.1 Å². The molecule has 0 atom stereocenters. The molecule has 0 radical (unpaired) electrons. The summed E-state index contributed by atoms with van der Waals surface area (Å²) in [7, 11) is 0. The molecule has 3 heterocycles. The fourth-order valence-electron chi connectivity index (χ4n) is 2.31. The maximum atomic E-state index is 12.2. The van der Waals surface area contributed by atoms with Gasteiger partial charge in [0.15, 0.2) is 5.76 Å². The minimum Gasteiger partial charge on any atom is -0.459 e. The van der Waals surface area contributed by atoms with E-state index in [2.05, 4.69) is 15.6 Å². The summed E-state index contributed by atoms with van der Waals surface area (Å²) in [5, 5.41) is 5.45. The number of carbonyl (C=O) groups is 2. The van der Waals surface area contributed by atoms with E-state index in [0.29, 0.717) is 18.7 Å². The molecule has 0 aliphatic carbocycles. The van der Waals surface area contributed by atoms with Crippen molar-refractivity contribution < 1.29 is 14.0 Å². The number of fused-ring (bicyclic) bond motifs is 1. The topological polar surface area (TPSA) is 88.6 Å². The highest BCUT2D eigenvalue weighted by molar-refractivity contribution is 5.95. The minimum absolute atomic E-state index is 0.189. The van der Waals surface area contributed by atoms with Gasteiger partial charge in [-0.1, -0.05) is 0 Å². The number of pyridine rings is 1. The van der Waals surface area contributed by atoms with Crippen LogP contribution in [-0.2, 0) is 0 Å². The molecule has 3 aromatic rings. The minimum atomic E-state index is -0.305. The second-order valence-corrected chi connectivity index (χ2v) is 5.01. The number of rotatable bonds is 5. The predicted molar refractivity (Wildman–Crippen MR) is 83.3 cm³/mol. The van der Waals surface area contributed by atoms with Gasteiger partial charge < -0.3 is 19.5 Å². The van der Waals surface area contributed by atoms with Crippen LogP contribution in [0.5, 0.6) is 0 Å². The number of aromatic nitrogens is 2. The first-order valence-electron chi connectivity index (χ1n) is 7.18. The molecule has 0 bridgehead atoms. The normalized spacial score (nSPS) is 10.7. The summed E-state index contributed by atoms with van der Waals surface area (Å²) in [4.78, 5) is 27.9. The van der Waals surface area contributed by atoms with Gasteiger partial charge in [-0.25, -0.2) is 4.98 Å². The lowest BCUT2D eigenvalue weighted by atomic mass is 10.2. The van der Waals surface area contributed by atoms with E-state index >= 15 is 0 Å². The molecule has 0 fully saturated rings. The van der Waals surface area contributed by atoms with Crippen LogP contribution in [0.3, 0.4) is 0 Å². The number of imidazole rings is 1. The van der Waals surface area contributed by atoms with Gasteiger partial charge in [-0.3, -0.25) is 9.59 Å². The molecule has 0 aliphatic heterocycles. The Bertz CT molecular complexity index is 836. The zero-order chi connectivity index (χ0) is 16.2. The molecule has 0 spiro atoms. The van der Waals surface area contributed by atoms with Crippen LogP contribution >= 0.6 is 0 Å². The lowest BCUT2D eigenvalue weighted by Crippen LogP contribution is -2.35. The first-order chi connectivity index (χ1) is 11.2. The van der Waals surface area contributed by atoms with E-state index in [1.807, 2.05) is 17.4 Å². The van der Waals surface area contributed by atoms with E-state index < -0.39 is 0 Å². The lowest BCUT2D eigenvalue weighted by Gasteiger charge is -2.09. The third-order valence-electron chi connectivity index (χ3n) is 3.52. The Labute approximate surface area is 132 Å². The van der Waals surface area contributed by atoms with Crippen molar-refractivity contribution in [2.45, 2.75) is 6.92 Å². The van der Waals surface area contributed by atoms with E-state index in [4.69, 9.17) is 4.42 Å². The molecule has 7 heteroatoms. The van der Waals surface area contributed by atoms with E-state index in [0.717, 1.165) is 11.2 Å². The summed E-state index contributed by atoms with van der Waals surface area (Å²) in [5.74, 6) is -0.247. The Kier molecular flexibility index (Phi) is 4.09. The zero-order valence-electron chi connectivity index (χ0n) is 12.6. The summed E-state index contributed by atoms with van der Waals surface area (Å²) >= 11 is 0. The molecule has 7 nitrogen and oxygen atoms in total. The SMILES string of the molecule is Cc1c(C(=O)NCCNC(=O)c2ccco2)ccc2cncn12. The molecular weight excluding hydrogens is 296 g/mol. The highest BCUT2D eigenvalue weighted by Crippen LogP contribution is 2.11. The lowest BCUT2D eigenvalue weighted by molar-refractivity contribution is 0.0910. The van der Waals surface area contributed by atoms with Crippen LogP contribution in [0.25, 0.3) is 5.52 Å². The molecule has 0 saturated heterocycles. The quantitative estimate of drug-likeness (QED) is 0.697. The number of hydrogen-bond acceptors (Lipinski definition) is 4. The fraction of sp³-hybridized carbons (Fsp3) is 0.188. The highest BCUT2D eigenvalue weighted by atomic mass is 16.3. The molecule has 0 saturated carbocycles. The summed E-state index contributed by atoms with van der Waals surface area (Å²) in [5.41, 5.74) is 2.33. The molecule has 0 unspecified atom stereocenters. The number of furan rings is 1. The van der Waals surface area contributed by atoms with Gasteiger partial charge in [0.2, 0.25) is 0 Å². The van der Waals surface area contributed by atoms with Crippen molar-refractivity contribution in [2.24, 2.45) is 0 Å². The van der Waals surface area contributed by atoms with Gasteiger partial charge >= 0.3 is 0 Å². The van der Waals surface area contributed by atoms with Gasteiger partial charge in [0.1, 0.15) is 0 Å². The van der Waals surface area contributed by atoms with Crippen LogP contribution in [0.1, 0.15) is 26.6 Å². The smallest absolute Gasteiger partial charge is 0.287 e. The van der Waals surface area contributed by atoms with Crippen molar-refractivity contribution in [1.29, 1.82) is 0 Å². The summed E-state index contributed by atoms with van der Waals surface area (Å²) in [6, 6.07) is 6.83. The second-order valence-electron chi connectivity index (χ2n) is 5.01. The van der Waals surface area contributed by atoms with Gasteiger partial charge in [0.05, 0.1) is 29.9 Å². The monoisotopic (exact) mass is 312 g/mol. The van der Waals surface area contributed by atoms with E-state index in [-0.39, 0.29) is 17.6 Å². The number of nitrogens with zero attached hydrogens (tertiary/aromatic N) is 2. The molecule has 23 heavy (non-hydrogen) atoms. The van der Waals surface area contributed by atoms with Gasteiger partial charge in [-0.2, -0.15) is 0 Å². The average molecular weight is 312 g/mol. The Morgan fingerprint density at radius 2 is 1.96 bits per heavy atom. The number of hydrogen-bond donors (Lipinski definition) is 2. The number of nitrogens with one attached hydrogen (secondary N) is 2. The number of amides is 2. The summed E-state index contributed by atoms with van der Waals surface area (Å²) < 4.78 is 6.84. The highest BCUT2D eigenvalue weighted by Gasteiger charge is 2.12. The number of aryl methyl sites for hydroxylation is 1. The Hall–Kier alpha value is -3.09. The Balaban J connectivity index is 1.54. The zero-order valence-corrected chi connectivity index (χ0v) is 12.6. The molecule has 3 aromatic heterocycles. The molecule has 0 aromatic carbocycles.